The fraction of sp³-hybridized carbons (Fsp3) is 0.680. The van der Waals surface area contributed by atoms with Crippen LogP contribution in [0.1, 0.15) is 39.4 Å². The Morgan fingerprint density at radius 2 is 1.65 bits per heavy atom. The van der Waals surface area contributed by atoms with Gasteiger partial charge in [-0.1, -0.05) is 32.9 Å². The molecule has 1 aromatic carbocycles. The molecule has 3 fully saturated rings. The predicted molar refractivity (Wildman–Crippen MR) is 139 cm³/mol. The number of aryl methyl sites for hydroxylation is 1. The highest BCUT2D eigenvalue weighted by Gasteiger charge is 2.29. The summed E-state index contributed by atoms with van der Waals surface area (Å²) in [6.07, 6.45) is 5.21. The van der Waals surface area contributed by atoms with E-state index in [1.807, 2.05) is 27.0 Å². The van der Waals surface area contributed by atoms with Crippen LogP contribution < -0.4 is 4.90 Å². The lowest BCUT2D eigenvalue weighted by molar-refractivity contribution is -0.0660. The zero-order chi connectivity index (χ0) is 24.7. The average molecular weight is 492 g/mol. The smallest absolute Gasteiger partial charge is 0.211 e. The van der Waals surface area contributed by atoms with Gasteiger partial charge in [-0.3, -0.25) is 4.90 Å². The number of piperidine rings is 1. The first-order chi connectivity index (χ1) is 16.3. The molecule has 3 aliphatic rings. The van der Waals surface area contributed by atoms with Crippen LogP contribution in [0.2, 0.25) is 0 Å². The molecule has 0 amide bonds. The first-order valence-electron chi connectivity index (χ1n) is 12.6. The van der Waals surface area contributed by atoms with Gasteiger partial charge in [0.15, 0.2) is 0 Å². The van der Waals surface area contributed by atoms with E-state index in [-0.39, 0.29) is 0 Å². The lowest BCUT2D eigenvalue weighted by Gasteiger charge is -2.43. The van der Waals surface area contributed by atoms with Crippen molar-refractivity contribution in [2.45, 2.75) is 46.6 Å². The zero-order valence-electron chi connectivity index (χ0n) is 21.4. The third kappa shape index (κ3) is 6.87. The Labute approximate surface area is 205 Å². The number of piperazine rings is 1. The monoisotopic (exact) mass is 491 g/mol. The summed E-state index contributed by atoms with van der Waals surface area (Å²) in [4.78, 5) is 13.9. The molecule has 2 aromatic rings. The molecule has 190 valence electrons. The number of anilines is 1. The molecular weight excluding hydrogens is 450 g/mol. The van der Waals surface area contributed by atoms with Gasteiger partial charge in [0, 0.05) is 50.9 Å². The van der Waals surface area contributed by atoms with Gasteiger partial charge >= 0.3 is 0 Å². The number of ether oxygens (including phenoxy) is 1. The van der Waals surface area contributed by atoms with Crippen LogP contribution >= 0.6 is 0 Å². The molecule has 1 aromatic heterocycles. The summed E-state index contributed by atoms with van der Waals surface area (Å²) in [5.74, 6) is 1.52. The fourth-order valence-corrected chi connectivity index (χ4v) is 5.34. The van der Waals surface area contributed by atoms with E-state index in [0.717, 1.165) is 69.0 Å². The van der Waals surface area contributed by atoms with Crippen molar-refractivity contribution in [3.63, 3.8) is 0 Å². The van der Waals surface area contributed by atoms with Crippen LogP contribution in [0.25, 0.3) is 10.9 Å². The second-order valence-corrected chi connectivity index (χ2v) is 11.2. The summed E-state index contributed by atoms with van der Waals surface area (Å²) >= 11 is 0. The third-order valence-corrected chi connectivity index (χ3v) is 8.02. The molecule has 5 rings (SSSR count). The Hall–Kier alpha value is -1.81. The quantitative estimate of drug-likeness (QED) is 0.653. The van der Waals surface area contributed by atoms with E-state index >= 15 is 0 Å². The number of benzene rings is 1. The van der Waals surface area contributed by atoms with E-state index in [0.29, 0.717) is 25.0 Å². The van der Waals surface area contributed by atoms with Gasteiger partial charge in [0.1, 0.15) is 5.82 Å². The topological polar surface area (TPSA) is 78.9 Å². The lowest BCUT2D eigenvalue weighted by atomic mass is 10.0. The maximum Gasteiger partial charge on any atom is 0.211 e. The van der Waals surface area contributed by atoms with Crippen molar-refractivity contribution >= 4 is 26.6 Å². The molecule has 3 aliphatic heterocycles. The van der Waals surface area contributed by atoms with Crippen molar-refractivity contribution in [1.82, 2.24) is 19.2 Å². The average Bonchev–Trinajstić information content (AvgIpc) is 2.80. The lowest BCUT2D eigenvalue weighted by Crippen LogP contribution is -2.56. The van der Waals surface area contributed by atoms with Crippen molar-refractivity contribution in [2.75, 3.05) is 63.6 Å². The van der Waals surface area contributed by atoms with E-state index in [1.165, 1.54) is 11.9 Å². The maximum absolute atomic E-state index is 11.0. The molecule has 0 radical (unpaired) electrons. The molecule has 0 N–H and O–H groups in total. The molecule has 0 bridgehead atoms. The molecule has 0 aliphatic carbocycles. The van der Waals surface area contributed by atoms with Crippen molar-refractivity contribution in [1.29, 1.82) is 0 Å². The number of aromatic nitrogens is 2. The molecule has 0 saturated carbocycles. The molecule has 9 heteroatoms. The van der Waals surface area contributed by atoms with Gasteiger partial charge < -0.3 is 9.64 Å². The van der Waals surface area contributed by atoms with Crippen molar-refractivity contribution < 1.29 is 13.2 Å². The standard InChI is InChI=1S/C16H20N4O.C7H15NO2S.C2H6/c1-12-17-9-13-3-2-4-15(16(13)18-12)20-7-5-19(6-8-20)14-10-21-11-14;1-7-3-5-8(6-4-7)11(2,9)10;1-2/h2-4,9,14H,5-8,10-11H2,1H3;7H,3-6H2,1-2H3;1-2H3. The molecular formula is C25H41N5O3S. The molecule has 3 saturated heterocycles. The highest BCUT2D eigenvalue weighted by atomic mass is 32.2. The van der Waals surface area contributed by atoms with Crippen LogP contribution in [0.3, 0.4) is 0 Å². The van der Waals surface area contributed by atoms with Gasteiger partial charge in [0.2, 0.25) is 10.0 Å². The minimum absolute atomic E-state index is 0.643. The summed E-state index contributed by atoms with van der Waals surface area (Å²) in [5.41, 5.74) is 2.31. The van der Waals surface area contributed by atoms with Crippen LogP contribution in [-0.2, 0) is 14.8 Å². The first kappa shape index (κ1) is 26.8. The second kappa shape index (κ2) is 12.2. The van der Waals surface area contributed by atoms with Crippen molar-refractivity contribution in [2.24, 2.45) is 5.92 Å². The second-order valence-electron chi connectivity index (χ2n) is 9.19. The van der Waals surface area contributed by atoms with Crippen molar-refractivity contribution in [3.05, 3.63) is 30.2 Å². The Morgan fingerprint density at radius 3 is 2.21 bits per heavy atom. The molecule has 0 spiro atoms. The van der Waals surface area contributed by atoms with Crippen LogP contribution in [0.4, 0.5) is 5.69 Å². The number of fused-ring (bicyclic) bond motifs is 1. The van der Waals surface area contributed by atoms with E-state index < -0.39 is 10.0 Å². The van der Waals surface area contributed by atoms with Crippen LogP contribution in [-0.4, -0.2) is 92.4 Å². The van der Waals surface area contributed by atoms with Crippen molar-refractivity contribution in [3.8, 4) is 0 Å². The van der Waals surface area contributed by atoms with E-state index in [9.17, 15) is 8.42 Å². The zero-order valence-corrected chi connectivity index (χ0v) is 22.2. The Bertz CT molecular complexity index is 1010. The van der Waals surface area contributed by atoms with Gasteiger partial charge in [-0.2, -0.15) is 0 Å². The van der Waals surface area contributed by atoms with Gasteiger partial charge in [-0.15, -0.1) is 0 Å². The van der Waals surface area contributed by atoms with E-state index in [2.05, 4.69) is 44.9 Å². The van der Waals surface area contributed by atoms with Crippen LogP contribution in [0, 0.1) is 12.8 Å². The number of hydrogen-bond donors (Lipinski definition) is 0. The van der Waals surface area contributed by atoms with E-state index in [4.69, 9.17) is 4.74 Å². The predicted octanol–water partition coefficient (Wildman–Crippen LogP) is 3.16. The highest BCUT2D eigenvalue weighted by molar-refractivity contribution is 7.88. The third-order valence-electron chi connectivity index (χ3n) is 6.71. The summed E-state index contributed by atoms with van der Waals surface area (Å²) in [5, 5.41) is 1.12. The number of sulfonamides is 1. The Balaban J connectivity index is 0.000000212. The van der Waals surface area contributed by atoms with Gasteiger partial charge in [0.05, 0.1) is 36.7 Å². The summed E-state index contributed by atoms with van der Waals surface area (Å²) in [7, 11) is -2.92. The Morgan fingerprint density at radius 1 is 1.00 bits per heavy atom. The molecule has 4 heterocycles. The van der Waals surface area contributed by atoms with Gasteiger partial charge in [-0.25, -0.2) is 22.7 Å². The van der Waals surface area contributed by atoms with Gasteiger partial charge in [0.25, 0.3) is 0 Å². The number of rotatable bonds is 3. The number of para-hydroxylation sites is 1. The highest BCUT2D eigenvalue weighted by Crippen LogP contribution is 2.26. The van der Waals surface area contributed by atoms with Gasteiger partial charge in [-0.05, 0) is 31.7 Å². The normalized spacial score (nSPS) is 20.7. The minimum atomic E-state index is -2.92. The summed E-state index contributed by atoms with van der Waals surface area (Å²) in [6, 6.07) is 7.00. The molecule has 34 heavy (non-hydrogen) atoms. The maximum atomic E-state index is 11.0. The number of nitrogens with zero attached hydrogens (tertiary/aromatic N) is 5. The van der Waals surface area contributed by atoms with E-state index in [1.54, 1.807) is 4.31 Å². The fourth-order valence-electron chi connectivity index (χ4n) is 4.46. The van der Waals surface area contributed by atoms with Crippen LogP contribution in [0.5, 0.6) is 0 Å². The molecule has 0 atom stereocenters. The number of hydrogen-bond acceptors (Lipinski definition) is 7. The SMILES string of the molecule is CC.CC1CCN(S(C)(=O)=O)CC1.Cc1ncc2cccc(N3CCN(C4COC4)CC3)c2n1. The Kier molecular flexibility index (Phi) is 9.65. The minimum Gasteiger partial charge on any atom is -0.378 e. The summed E-state index contributed by atoms with van der Waals surface area (Å²) < 4.78 is 28.9. The van der Waals surface area contributed by atoms with Crippen LogP contribution in [0.15, 0.2) is 24.4 Å². The largest absolute Gasteiger partial charge is 0.378 e. The molecule has 8 nitrogen and oxygen atoms in total. The molecule has 0 unspecified atom stereocenters. The first-order valence-corrected chi connectivity index (χ1v) is 14.4. The summed E-state index contributed by atoms with van der Waals surface area (Å²) in [6.45, 7) is 15.7.